The van der Waals surface area contributed by atoms with Crippen molar-refractivity contribution < 1.29 is 9.53 Å². The van der Waals surface area contributed by atoms with E-state index in [1.54, 1.807) is 0 Å². The summed E-state index contributed by atoms with van der Waals surface area (Å²) in [7, 11) is 0. The van der Waals surface area contributed by atoms with Gasteiger partial charge >= 0.3 is 0 Å². The van der Waals surface area contributed by atoms with E-state index in [0.29, 0.717) is 28.9 Å². The first-order valence-corrected chi connectivity index (χ1v) is 9.30. The number of nitrogens with zero attached hydrogens (tertiary/aromatic N) is 1. The lowest BCUT2D eigenvalue weighted by atomic mass is 10.1. The molecule has 0 aliphatic heterocycles. The van der Waals surface area contributed by atoms with Crippen LogP contribution in [0, 0.1) is 5.92 Å². The van der Waals surface area contributed by atoms with Gasteiger partial charge in [-0.05, 0) is 61.1 Å². The molecular formula is C21H24ClNO2. The normalized spacial score (nSPS) is 13.5. The highest BCUT2D eigenvalue weighted by Gasteiger charge is 2.26. The molecule has 0 aromatic heterocycles. The van der Waals surface area contributed by atoms with Crippen LogP contribution in [0.1, 0.15) is 42.1 Å². The summed E-state index contributed by atoms with van der Waals surface area (Å²) in [5, 5.41) is 0.711. The first kappa shape index (κ1) is 17.8. The Labute approximate surface area is 154 Å². The third-order valence-corrected chi connectivity index (χ3v) is 4.61. The molecule has 1 amide bonds. The second-order valence-corrected chi connectivity index (χ2v) is 7.07. The summed E-state index contributed by atoms with van der Waals surface area (Å²) >= 11 is 5.90. The number of amides is 1. The quantitative estimate of drug-likeness (QED) is 0.651. The number of rotatable bonds is 8. The van der Waals surface area contributed by atoms with Gasteiger partial charge in [0.15, 0.2) is 0 Å². The molecule has 1 aliphatic rings. The summed E-state index contributed by atoms with van der Waals surface area (Å²) in [4.78, 5) is 14.8. The van der Waals surface area contributed by atoms with Crippen molar-refractivity contribution in [2.24, 2.45) is 5.92 Å². The molecule has 3 nitrogen and oxygen atoms in total. The molecule has 132 valence electrons. The topological polar surface area (TPSA) is 29.5 Å². The van der Waals surface area contributed by atoms with Crippen molar-refractivity contribution in [3.05, 3.63) is 64.7 Å². The third kappa shape index (κ3) is 5.23. The van der Waals surface area contributed by atoms with Gasteiger partial charge in [0.1, 0.15) is 12.4 Å². The average molecular weight is 358 g/mol. The minimum absolute atomic E-state index is 0.102. The Kier molecular flexibility index (Phi) is 5.98. The fourth-order valence-electron chi connectivity index (χ4n) is 2.81. The molecule has 25 heavy (non-hydrogen) atoms. The molecule has 3 rings (SSSR count). The fraction of sp³-hybridized carbons (Fsp3) is 0.381. The van der Waals surface area contributed by atoms with Crippen LogP contribution < -0.4 is 4.74 Å². The van der Waals surface area contributed by atoms with Crippen molar-refractivity contribution >= 4 is 17.5 Å². The maximum Gasteiger partial charge on any atom is 0.253 e. The molecule has 1 fully saturated rings. The number of halogens is 1. The Hall–Kier alpha value is -2.00. The number of carbonyl (C=O) groups is 1. The van der Waals surface area contributed by atoms with Crippen molar-refractivity contribution in [3.8, 4) is 5.75 Å². The summed E-state index contributed by atoms with van der Waals surface area (Å²) in [5.41, 5.74) is 1.74. The van der Waals surface area contributed by atoms with Crippen LogP contribution in [0.5, 0.6) is 5.75 Å². The largest absolute Gasteiger partial charge is 0.489 e. The van der Waals surface area contributed by atoms with Gasteiger partial charge in [-0.2, -0.15) is 0 Å². The van der Waals surface area contributed by atoms with Gasteiger partial charge in [-0.25, -0.2) is 0 Å². The lowest BCUT2D eigenvalue weighted by Crippen LogP contribution is -2.33. The van der Waals surface area contributed by atoms with Crippen LogP contribution in [0.25, 0.3) is 0 Å². The summed E-state index contributed by atoms with van der Waals surface area (Å²) in [6.07, 6.45) is 3.47. The van der Waals surface area contributed by atoms with Crippen molar-refractivity contribution in [3.63, 3.8) is 0 Å². The van der Waals surface area contributed by atoms with Gasteiger partial charge in [-0.1, -0.05) is 36.7 Å². The summed E-state index contributed by atoms with van der Waals surface area (Å²) in [6.45, 7) is 4.25. The maximum atomic E-state index is 12.8. The monoisotopic (exact) mass is 357 g/mol. The molecule has 1 saturated carbocycles. The van der Waals surface area contributed by atoms with Crippen LogP contribution in [-0.2, 0) is 6.61 Å². The summed E-state index contributed by atoms with van der Waals surface area (Å²) < 4.78 is 5.84. The molecule has 0 radical (unpaired) electrons. The van der Waals surface area contributed by atoms with Crippen molar-refractivity contribution in [2.45, 2.75) is 32.8 Å². The van der Waals surface area contributed by atoms with Gasteiger partial charge in [-0.15, -0.1) is 0 Å². The van der Waals surface area contributed by atoms with E-state index in [2.05, 4.69) is 6.92 Å². The van der Waals surface area contributed by atoms with Gasteiger partial charge in [0.2, 0.25) is 0 Å². The van der Waals surface area contributed by atoms with Crippen LogP contribution in [-0.4, -0.2) is 23.9 Å². The van der Waals surface area contributed by atoms with E-state index in [1.165, 1.54) is 12.8 Å². The smallest absolute Gasteiger partial charge is 0.253 e. The number of hydrogen-bond donors (Lipinski definition) is 0. The van der Waals surface area contributed by atoms with Crippen LogP contribution in [0.3, 0.4) is 0 Å². The minimum Gasteiger partial charge on any atom is -0.489 e. The van der Waals surface area contributed by atoms with Gasteiger partial charge in [-0.3, -0.25) is 4.79 Å². The molecule has 0 atom stereocenters. The Morgan fingerprint density at radius 2 is 1.96 bits per heavy atom. The predicted molar refractivity (Wildman–Crippen MR) is 101 cm³/mol. The average Bonchev–Trinajstić information content (AvgIpc) is 3.45. The first-order valence-electron chi connectivity index (χ1n) is 8.92. The molecule has 1 aliphatic carbocycles. The van der Waals surface area contributed by atoms with E-state index in [-0.39, 0.29) is 5.91 Å². The van der Waals surface area contributed by atoms with Crippen LogP contribution in [0.2, 0.25) is 5.02 Å². The molecule has 4 heteroatoms. The summed E-state index contributed by atoms with van der Waals surface area (Å²) in [6, 6.07) is 15.1. The van der Waals surface area contributed by atoms with E-state index < -0.39 is 0 Å². The van der Waals surface area contributed by atoms with E-state index in [0.717, 1.165) is 25.1 Å². The van der Waals surface area contributed by atoms with Gasteiger partial charge < -0.3 is 9.64 Å². The number of hydrogen-bond acceptors (Lipinski definition) is 2. The van der Waals surface area contributed by atoms with E-state index in [9.17, 15) is 4.79 Å². The zero-order valence-corrected chi connectivity index (χ0v) is 15.3. The van der Waals surface area contributed by atoms with Gasteiger partial charge in [0, 0.05) is 23.7 Å². The zero-order valence-electron chi connectivity index (χ0n) is 14.6. The van der Waals surface area contributed by atoms with Gasteiger partial charge in [0.05, 0.1) is 0 Å². The Bertz CT molecular complexity index is 710. The number of ether oxygens (including phenoxy) is 1. The molecule has 0 saturated heterocycles. The van der Waals surface area contributed by atoms with Crippen LogP contribution in [0.4, 0.5) is 0 Å². The van der Waals surface area contributed by atoms with E-state index in [1.807, 2.05) is 53.4 Å². The predicted octanol–water partition coefficient (Wildman–Crippen LogP) is 5.18. The van der Waals surface area contributed by atoms with Crippen molar-refractivity contribution in [1.29, 1.82) is 0 Å². The SMILES string of the molecule is CCCN(CC1CC1)C(=O)c1cccc(OCc2ccc(Cl)cc2)c1. The highest BCUT2D eigenvalue weighted by Crippen LogP contribution is 2.30. The second-order valence-electron chi connectivity index (χ2n) is 6.64. The van der Waals surface area contributed by atoms with E-state index in [4.69, 9.17) is 16.3 Å². The molecule has 0 spiro atoms. The first-order chi connectivity index (χ1) is 12.2. The van der Waals surface area contributed by atoms with Crippen molar-refractivity contribution in [1.82, 2.24) is 4.90 Å². The van der Waals surface area contributed by atoms with Crippen LogP contribution in [0.15, 0.2) is 48.5 Å². The zero-order chi connectivity index (χ0) is 17.6. The fourth-order valence-corrected chi connectivity index (χ4v) is 2.93. The van der Waals surface area contributed by atoms with E-state index >= 15 is 0 Å². The molecule has 2 aromatic carbocycles. The maximum absolute atomic E-state index is 12.8. The Balaban J connectivity index is 1.64. The molecule has 0 heterocycles. The Morgan fingerprint density at radius 3 is 2.64 bits per heavy atom. The Morgan fingerprint density at radius 1 is 1.20 bits per heavy atom. The number of carbonyl (C=O) groups excluding carboxylic acids is 1. The molecular weight excluding hydrogens is 334 g/mol. The highest BCUT2D eigenvalue weighted by molar-refractivity contribution is 6.30. The lowest BCUT2D eigenvalue weighted by Gasteiger charge is -2.22. The van der Waals surface area contributed by atoms with Crippen LogP contribution >= 0.6 is 11.6 Å². The second kappa shape index (κ2) is 8.39. The molecule has 2 aromatic rings. The van der Waals surface area contributed by atoms with Crippen molar-refractivity contribution in [2.75, 3.05) is 13.1 Å². The highest BCUT2D eigenvalue weighted by atomic mass is 35.5. The minimum atomic E-state index is 0.102. The summed E-state index contributed by atoms with van der Waals surface area (Å²) in [5.74, 6) is 1.51. The molecule has 0 bridgehead atoms. The standard InChI is InChI=1S/C21H24ClNO2/c1-2-12-23(14-16-6-7-16)21(24)18-4-3-5-20(13-18)25-15-17-8-10-19(22)11-9-17/h3-5,8-11,13,16H,2,6-7,12,14-15H2,1H3. The van der Waals surface area contributed by atoms with Gasteiger partial charge in [0.25, 0.3) is 5.91 Å². The lowest BCUT2D eigenvalue weighted by molar-refractivity contribution is 0.0747. The molecule has 0 N–H and O–H groups in total. The number of benzene rings is 2. The third-order valence-electron chi connectivity index (χ3n) is 4.36. The molecule has 0 unspecified atom stereocenters.